The van der Waals surface area contributed by atoms with Crippen molar-refractivity contribution in [2.45, 2.75) is 47.1 Å². The minimum atomic E-state index is -0.369. The van der Waals surface area contributed by atoms with Crippen molar-refractivity contribution in [3.63, 3.8) is 0 Å². The van der Waals surface area contributed by atoms with Crippen LogP contribution in [0.25, 0.3) is 21.7 Å². The topological polar surface area (TPSA) is 59.2 Å². The van der Waals surface area contributed by atoms with Gasteiger partial charge in [-0.25, -0.2) is 4.79 Å². The summed E-state index contributed by atoms with van der Waals surface area (Å²) in [6, 6.07) is 17.6. The van der Waals surface area contributed by atoms with Gasteiger partial charge in [-0.2, -0.15) is 0 Å². The lowest BCUT2D eigenvalue weighted by atomic mass is 9.87. The number of aromatic amines is 1. The molecule has 164 valence electrons. The Labute approximate surface area is 188 Å². The van der Waals surface area contributed by atoms with Crippen molar-refractivity contribution in [1.29, 1.82) is 0 Å². The van der Waals surface area contributed by atoms with Gasteiger partial charge in [0.1, 0.15) is 6.61 Å². The number of carbonyl (C=O) groups excluding carboxylic acids is 2. The lowest BCUT2D eigenvalue weighted by molar-refractivity contribution is 0.0473. The van der Waals surface area contributed by atoms with Crippen LogP contribution >= 0.6 is 0 Å². The van der Waals surface area contributed by atoms with Gasteiger partial charge < -0.3 is 9.72 Å². The molecular weight excluding hydrogens is 398 g/mol. The Balaban J connectivity index is 1.72. The van der Waals surface area contributed by atoms with Crippen LogP contribution in [-0.2, 0) is 17.8 Å². The number of esters is 1. The van der Waals surface area contributed by atoms with Gasteiger partial charge in [-0.05, 0) is 59.3 Å². The van der Waals surface area contributed by atoms with Crippen LogP contribution in [0.1, 0.15) is 64.7 Å². The summed E-state index contributed by atoms with van der Waals surface area (Å²) in [7, 11) is 0. The number of hydrogen-bond donors (Lipinski definition) is 1. The lowest BCUT2D eigenvalue weighted by Crippen LogP contribution is -2.14. The average Bonchev–Trinajstić information content (AvgIpc) is 3.16. The summed E-state index contributed by atoms with van der Waals surface area (Å²) < 4.78 is 5.80. The Morgan fingerprint density at radius 3 is 2.50 bits per heavy atom. The zero-order chi connectivity index (χ0) is 22.8. The maximum atomic E-state index is 13.0. The van der Waals surface area contributed by atoms with Crippen molar-refractivity contribution in [2.75, 3.05) is 0 Å². The fraction of sp³-hybridized carbons (Fsp3) is 0.286. The van der Waals surface area contributed by atoms with Gasteiger partial charge in [-0.1, -0.05) is 57.5 Å². The predicted molar refractivity (Wildman–Crippen MR) is 129 cm³/mol. The van der Waals surface area contributed by atoms with E-state index in [1.807, 2.05) is 69.3 Å². The number of aromatic nitrogens is 1. The fourth-order valence-electron chi connectivity index (χ4n) is 4.32. The third kappa shape index (κ3) is 4.18. The van der Waals surface area contributed by atoms with E-state index in [4.69, 9.17) is 4.74 Å². The van der Waals surface area contributed by atoms with Gasteiger partial charge in [0.2, 0.25) is 0 Å². The number of carbonyl (C=O) groups is 2. The molecule has 0 aliphatic rings. The molecule has 0 saturated heterocycles. The van der Waals surface area contributed by atoms with E-state index >= 15 is 0 Å². The van der Waals surface area contributed by atoms with Crippen LogP contribution in [0.15, 0.2) is 54.6 Å². The molecule has 0 saturated carbocycles. The van der Waals surface area contributed by atoms with Crippen LogP contribution < -0.4 is 0 Å². The van der Waals surface area contributed by atoms with Gasteiger partial charge in [0, 0.05) is 28.3 Å². The number of rotatable bonds is 7. The molecule has 0 unspecified atom stereocenters. The quantitative estimate of drug-likeness (QED) is 0.261. The van der Waals surface area contributed by atoms with Crippen molar-refractivity contribution >= 4 is 33.4 Å². The Morgan fingerprint density at radius 1 is 0.969 bits per heavy atom. The van der Waals surface area contributed by atoms with Gasteiger partial charge in [-0.3, -0.25) is 4.79 Å². The molecule has 0 fully saturated rings. The molecule has 0 spiro atoms. The Morgan fingerprint density at radius 2 is 1.75 bits per heavy atom. The molecule has 0 amide bonds. The smallest absolute Gasteiger partial charge is 0.338 e. The van der Waals surface area contributed by atoms with Crippen LogP contribution in [0, 0.1) is 12.8 Å². The third-order valence-electron chi connectivity index (χ3n) is 5.91. The first-order chi connectivity index (χ1) is 15.4. The van der Waals surface area contributed by atoms with E-state index in [0.29, 0.717) is 5.56 Å². The average molecular weight is 428 g/mol. The minimum absolute atomic E-state index is 0.0989. The zero-order valence-corrected chi connectivity index (χ0v) is 19.1. The Hall–Kier alpha value is -3.40. The maximum Gasteiger partial charge on any atom is 0.338 e. The number of aryl methyl sites for hydroxylation is 1. The monoisotopic (exact) mass is 427 g/mol. The molecule has 0 atom stereocenters. The van der Waals surface area contributed by atoms with Crippen molar-refractivity contribution in [1.82, 2.24) is 4.98 Å². The van der Waals surface area contributed by atoms with Gasteiger partial charge in [0.05, 0.1) is 5.56 Å². The fourth-order valence-corrected chi connectivity index (χ4v) is 4.32. The SMILES string of the molecule is CCCc1c(C(=O)C(C)C)cc2ccccc2c1COC(=O)c1ccc2cc(C)[nH]c2c1. The summed E-state index contributed by atoms with van der Waals surface area (Å²) in [6.45, 7) is 8.07. The highest BCUT2D eigenvalue weighted by Gasteiger charge is 2.21. The molecule has 1 aromatic heterocycles. The maximum absolute atomic E-state index is 13.0. The third-order valence-corrected chi connectivity index (χ3v) is 5.91. The normalized spacial score (nSPS) is 11.4. The number of ketones is 1. The molecular formula is C28H29NO3. The number of fused-ring (bicyclic) bond motifs is 2. The van der Waals surface area contributed by atoms with Crippen LogP contribution in [0.2, 0.25) is 0 Å². The highest BCUT2D eigenvalue weighted by atomic mass is 16.5. The first-order valence-corrected chi connectivity index (χ1v) is 11.2. The predicted octanol–water partition coefficient (Wildman–Crippen LogP) is 6.78. The molecule has 4 nitrogen and oxygen atoms in total. The van der Waals surface area contributed by atoms with Gasteiger partial charge in [-0.15, -0.1) is 0 Å². The molecule has 1 heterocycles. The molecule has 1 N–H and O–H groups in total. The molecule has 32 heavy (non-hydrogen) atoms. The zero-order valence-electron chi connectivity index (χ0n) is 19.1. The van der Waals surface area contributed by atoms with Crippen molar-refractivity contribution in [2.24, 2.45) is 5.92 Å². The van der Waals surface area contributed by atoms with Gasteiger partial charge in [0.25, 0.3) is 0 Å². The number of H-pyrrole nitrogens is 1. The molecule has 3 aromatic carbocycles. The molecule has 4 rings (SSSR count). The van der Waals surface area contributed by atoms with E-state index < -0.39 is 0 Å². The van der Waals surface area contributed by atoms with Crippen LogP contribution in [-0.4, -0.2) is 16.7 Å². The first kappa shape index (κ1) is 21.8. The van der Waals surface area contributed by atoms with E-state index in [1.165, 1.54) is 0 Å². The second-order valence-corrected chi connectivity index (χ2v) is 8.70. The highest BCUT2D eigenvalue weighted by molar-refractivity contribution is 6.04. The van der Waals surface area contributed by atoms with Gasteiger partial charge in [0.15, 0.2) is 5.78 Å². The van der Waals surface area contributed by atoms with Crippen molar-refractivity contribution in [3.05, 3.63) is 82.5 Å². The minimum Gasteiger partial charge on any atom is -0.457 e. The number of benzene rings is 3. The van der Waals surface area contributed by atoms with Crippen molar-refractivity contribution < 1.29 is 14.3 Å². The number of hydrogen-bond acceptors (Lipinski definition) is 3. The van der Waals surface area contributed by atoms with Gasteiger partial charge >= 0.3 is 5.97 Å². The summed E-state index contributed by atoms with van der Waals surface area (Å²) in [4.78, 5) is 29.2. The molecule has 0 radical (unpaired) electrons. The second kappa shape index (κ2) is 8.99. The number of Topliss-reactive ketones (excluding diaryl/α,β-unsaturated/α-hetero) is 1. The van der Waals surface area contributed by atoms with Crippen LogP contribution in [0.3, 0.4) is 0 Å². The summed E-state index contributed by atoms with van der Waals surface area (Å²) in [5.74, 6) is -0.344. The second-order valence-electron chi connectivity index (χ2n) is 8.70. The highest BCUT2D eigenvalue weighted by Crippen LogP contribution is 2.30. The Bertz CT molecular complexity index is 1310. The first-order valence-electron chi connectivity index (χ1n) is 11.2. The van der Waals surface area contributed by atoms with E-state index in [2.05, 4.69) is 11.9 Å². The van der Waals surface area contributed by atoms with E-state index in [0.717, 1.165) is 56.9 Å². The van der Waals surface area contributed by atoms with E-state index in [9.17, 15) is 9.59 Å². The van der Waals surface area contributed by atoms with Crippen LogP contribution in [0.4, 0.5) is 0 Å². The standard InChI is InChI=1S/C28H29NO3/c1-5-8-23-24(27(30)17(2)3)14-19-9-6-7-10-22(19)25(23)16-32-28(31)21-12-11-20-13-18(4)29-26(20)15-21/h6-7,9-15,17,29H,5,8,16H2,1-4H3. The molecule has 4 heteroatoms. The lowest BCUT2D eigenvalue weighted by Gasteiger charge is -2.18. The van der Waals surface area contributed by atoms with Crippen LogP contribution in [0.5, 0.6) is 0 Å². The summed E-state index contributed by atoms with van der Waals surface area (Å²) in [5.41, 5.74) is 5.14. The summed E-state index contributed by atoms with van der Waals surface area (Å²) >= 11 is 0. The molecule has 0 bridgehead atoms. The number of nitrogens with one attached hydrogen (secondary N) is 1. The molecule has 4 aromatic rings. The number of ether oxygens (including phenoxy) is 1. The van der Waals surface area contributed by atoms with E-state index in [1.54, 1.807) is 6.07 Å². The Kier molecular flexibility index (Phi) is 6.13. The largest absolute Gasteiger partial charge is 0.457 e. The van der Waals surface area contributed by atoms with Crippen molar-refractivity contribution in [3.8, 4) is 0 Å². The van der Waals surface area contributed by atoms with E-state index in [-0.39, 0.29) is 24.3 Å². The summed E-state index contributed by atoms with van der Waals surface area (Å²) in [5, 5.41) is 3.08. The molecule has 0 aliphatic carbocycles. The summed E-state index contributed by atoms with van der Waals surface area (Å²) in [6.07, 6.45) is 1.67. The molecule has 0 aliphatic heterocycles.